The number of methoxy groups -OCH3 is 1. The van der Waals surface area contributed by atoms with Crippen LogP contribution in [0, 0.1) is 12.7 Å². The number of nitrogens with zero attached hydrogens (tertiary/aromatic N) is 1. The van der Waals surface area contributed by atoms with Crippen molar-refractivity contribution in [2.75, 3.05) is 17.8 Å². The van der Waals surface area contributed by atoms with E-state index in [1.165, 1.54) is 26.2 Å². The highest BCUT2D eigenvalue weighted by molar-refractivity contribution is 7.91. The minimum atomic E-state index is -4.68. The fraction of sp³-hybridized carbons (Fsp3) is 0.300. The van der Waals surface area contributed by atoms with Gasteiger partial charge in [-0.2, -0.15) is 13.2 Å². The number of benzene rings is 2. The van der Waals surface area contributed by atoms with Gasteiger partial charge in [0.1, 0.15) is 5.82 Å². The van der Waals surface area contributed by atoms with Crippen molar-refractivity contribution in [1.29, 1.82) is 0 Å². The zero-order valence-corrected chi connectivity index (χ0v) is 17.2. The van der Waals surface area contributed by atoms with E-state index in [1.807, 2.05) is 0 Å². The molecule has 0 fully saturated rings. The van der Waals surface area contributed by atoms with Crippen molar-refractivity contribution in [3.8, 4) is 0 Å². The first-order valence-electron chi connectivity index (χ1n) is 8.64. The third-order valence-corrected chi connectivity index (χ3v) is 5.73. The van der Waals surface area contributed by atoms with Crippen molar-refractivity contribution in [3.05, 3.63) is 58.9 Å². The molecule has 0 saturated carbocycles. The molecular weight excluding hydrogens is 426 g/mol. The fourth-order valence-electron chi connectivity index (χ4n) is 2.82. The van der Waals surface area contributed by atoms with E-state index in [0.29, 0.717) is 5.56 Å². The molecule has 0 aliphatic heterocycles. The van der Waals surface area contributed by atoms with Crippen LogP contribution >= 0.6 is 0 Å². The lowest BCUT2D eigenvalue weighted by Gasteiger charge is -2.24. The number of hydrogen-bond acceptors (Lipinski definition) is 4. The Morgan fingerprint density at radius 3 is 2.40 bits per heavy atom. The van der Waals surface area contributed by atoms with Crippen LogP contribution in [0.2, 0.25) is 0 Å². The zero-order valence-electron chi connectivity index (χ0n) is 16.4. The second-order valence-electron chi connectivity index (χ2n) is 6.43. The highest BCUT2D eigenvalue weighted by Crippen LogP contribution is 2.31. The van der Waals surface area contributed by atoms with Gasteiger partial charge in [0.25, 0.3) is 0 Å². The van der Waals surface area contributed by atoms with E-state index in [2.05, 4.69) is 0 Å². The van der Waals surface area contributed by atoms with Crippen molar-refractivity contribution in [3.63, 3.8) is 0 Å². The van der Waals surface area contributed by atoms with E-state index < -0.39 is 40.8 Å². The molecule has 162 valence electrons. The highest BCUT2D eigenvalue weighted by Gasteiger charge is 2.37. The van der Waals surface area contributed by atoms with E-state index in [9.17, 15) is 31.7 Å². The number of alkyl halides is 3. The number of hydrogen-bond donors (Lipinski definition) is 0. The highest BCUT2D eigenvalue weighted by atomic mass is 32.2. The summed E-state index contributed by atoms with van der Waals surface area (Å²) in [5.41, 5.74) is 0.229. The Morgan fingerprint density at radius 2 is 1.83 bits per heavy atom. The lowest BCUT2D eigenvalue weighted by atomic mass is 10.1. The molecule has 0 aliphatic rings. The topological polar surface area (TPSA) is 69.7 Å². The van der Waals surface area contributed by atoms with Gasteiger partial charge in [0.2, 0.25) is 11.7 Å². The van der Waals surface area contributed by atoms with Crippen molar-refractivity contribution < 1.29 is 36.4 Å². The maximum Gasteiger partial charge on any atom is 0.433 e. The summed E-state index contributed by atoms with van der Waals surface area (Å²) in [4.78, 5) is 24.9. The largest absolute Gasteiger partial charge is 0.611 e. The molecule has 1 atom stereocenters. The van der Waals surface area contributed by atoms with E-state index in [1.54, 1.807) is 12.1 Å². The number of halogens is 4. The summed E-state index contributed by atoms with van der Waals surface area (Å²) in [7, 11) is 1.18. The SMILES string of the molecule is COC(=O)c1ccccc1CN(C(C)=O)c1cc([S+]([O-])CC(F)(F)F)c(C)cc1F. The second-order valence-corrected chi connectivity index (χ2v) is 7.85. The van der Waals surface area contributed by atoms with Gasteiger partial charge in [0.15, 0.2) is 4.90 Å². The molecule has 0 aromatic heterocycles. The summed E-state index contributed by atoms with van der Waals surface area (Å²) in [6, 6.07) is 8.11. The summed E-state index contributed by atoms with van der Waals surface area (Å²) >= 11 is -2.48. The molecule has 2 aromatic carbocycles. The molecule has 0 radical (unpaired) electrons. The first kappa shape index (κ1) is 23.7. The van der Waals surface area contributed by atoms with Crippen LogP contribution in [0.15, 0.2) is 41.3 Å². The molecule has 0 N–H and O–H groups in total. The number of carbonyl (C=O) groups excluding carboxylic acids is 2. The Balaban J connectivity index is 2.50. The number of rotatable bonds is 6. The molecule has 5 nitrogen and oxygen atoms in total. The van der Waals surface area contributed by atoms with Gasteiger partial charge in [-0.25, -0.2) is 9.18 Å². The van der Waals surface area contributed by atoms with E-state index in [4.69, 9.17) is 4.74 Å². The summed E-state index contributed by atoms with van der Waals surface area (Å²) in [6.45, 7) is 2.24. The maximum absolute atomic E-state index is 14.7. The predicted molar refractivity (Wildman–Crippen MR) is 103 cm³/mol. The quantitative estimate of drug-likeness (QED) is 0.381. The first-order chi connectivity index (χ1) is 13.9. The van der Waals surface area contributed by atoms with Crippen LogP contribution in [0.4, 0.5) is 23.2 Å². The Labute approximate surface area is 173 Å². The first-order valence-corrected chi connectivity index (χ1v) is 9.96. The van der Waals surface area contributed by atoms with Crippen LogP contribution in [0.5, 0.6) is 0 Å². The Hall–Kier alpha value is -2.59. The molecular formula is C20H19F4NO4S. The molecule has 2 rings (SSSR count). The van der Waals surface area contributed by atoms with E-state index >= 15 is 0 Å². The van der Waals surface area contributed by atoms with Crippen molar-refractivity contribution in [2.24, 2.45) is 0 Å². The van der Waals surface area contributed by atoms with Gasteiger partial charge in [-0.3, -0.25) is 4.79 Å². The minimum absolute atomic E-state index is 0.0669. The molecule has 2 aromatic rings. The smallest absolute Gasteiger partial charge is 0.433 e. The molecule has 1 amide bonds. The maximum atomic E-state index is 14.7. The van der Waals surface area contributed by atoms with E-state index in [0.717, 1.165) is 24.0 Å². The van der Waals surface area contributed by atoms with Crippen LogP contribution < -0.4 is 4.90 Å². The Morgan fingerprint density at radius 1 is 1.20 bits per heavy atom. The number of carbonyl (C=O) groups is 2. The van der Waals surface area contributed by atoms with Gasteiger partial charge in [-0.15, -0.1) is 0 Å². The average Bonchev–Trinajstić information content (AvgIpc) is 2.64. The molecule has 0 aliphatic carbocycles. The molecule has 0 heterocycles. The zero-order chi connectivity index (χ0) is 22.6. The second kappa shape index (κ2) is 9.48. The van der Waals surface area contributed by atoms with Crippen molar-refractivity contribution in [1.82, 2.24) is 0 Å². The van der Waals surface area contributed by atoms with E-state index in [-0.39, 0.29) is 28.3 Å². The molecule has 10 heteroatoms. The van der Waals surface area contributed by atoms with Crippen molar-refractivity contribution >= 4 is 28.7 Å². The number of anilines is 1. The molecule has 0 bridgehead atoms. The van der Waals surface area contributed by atoms with Gasteiger partial charge in [0.05, 0.1) is 24.9 Å². The fourth-order valence-corrected chi connectivity index (χ4v) is 3.94. The summed E-state index contributed by atoms with van der Waals surface area (Å²) in [6.07, 6.45) is -4.68. The van der Waals surface area contributed by atoms with Gasteiger partial charge in [-0.1, -0.05) is 18.2 Å². The number of aryl methyl sites for hydroxylation is 1. The predicted octanol–water partition coefficient (Wildman–Crippen LogP) is 4.14. The normalized spacial score (nSPS) is 12.4. The molecule has 0 saturated heterocycles. The summed E-state index contributed by atoms with van der Waals surface area (Å²) < 4.78 is 69.5. The molecule has 0 spiro atoms. The van der Waals surface area contributed by atoms with Crippen LogP contribution in [0.3, 0.4) is 0 Å². The number of ether oxygens (including phenoxy) is 1. The van der Waals surface area contributed by atoms with Crippen LogP contribution in [0.25, 0.3) is 0 Å². The third-order valence-electron chi connectivity index (χ3n) is 4.21. The summed E-state index contributed by atoms with van der Waals surface area (Å²) in [5, 5.41) is 0. The van der Waals surface area contributed by atoms with Crippen LogP contribution in [0.1, 0.15) is 28.4 Å². The standard InChI is InChI=1S/C20H19F4NO4S/c1-12-8-16(21)17(9-18(12)30(28)11-20(22,23)24)25(13(2)26)10-14-6-4-5-7-15(14)19(27)29-3/h4-9H,10-11H2,1-3H3. The minimum Gasteiger partial charge on any atom is -0.611 e. The Bertz CT molecular complexity index is 949. The van der Waals surface area contributed by atoms with Gasteiger partial charge < -0.3 is 14.2 Å². The van der Waals surface area contributed by atoms with Crippen LogP contribution in [-0.2, 0) is 27.3 Å². The average molecular weight is 445 g/mol. The van der Waals surface area contributed by atoms with Gasteiger partial charge in [0, 0.05) is 18.6 Å². The Kier molecular flexibility index (Phi) is 7.49. The molecule has 30 heavy (non-hydrogen) atoms. The number of esters is 1. The number of amides is 1. The lowest BCUT2D eigenvalue weighted by Crippen LogP contribution is -2.30. The third kappa shape index (κ3) is 5.73. The van der Waals surface area contributed by atoms with Crippen LogP contribution in [-0.4, -0.2) is 35.5 Å². The summed E-state index contributed by atoms with van der Waals surface area (Å²) in [5.74, 6) is -3.74. The van der Waals surface area contributed by atoms with Gasteiger partial charge >= 0.3 is 12.1 Å². The lowest BCUT2D eigenvalue weighted by molar-refractivity contribution is -0.116. The molecule has 1 unspecified atom stereocenters. The monoisotopic (exact) mass is 445 g/mol. The van der Waals surface area contributed by atoms with Crippen molar-refractivity contribution in [2.45, 2.75) is 31.5 Å². The van der Waals surface area contributed by atoms with Gasteiger partial charge in [-0.05, 0) is 35.8 Å².